The number of hydrogen-bond acceptors (Lipinski definition) is 4. The Morgan fingerprint density at radius 3 is 2.78 bits per heavy atom. The predicted molar refractivity (Wildman–Crippen MR) is 92.7 cm³/mol. The predicted octanol–water partition coefficient (Wildman–Crippen LogP) is 4.11. The summed E-state index contributed by atoms with van der Waals surface area (Å²) >= 11 is 1.71. The van der Waals surface area contributed by atoms with Crippen molar-refractivity contribution in [3.8, 4) is 5.82 Å². The Hall–Kier alpha value is -2.66. The number of fused-ring (bicyclic) bond motifs is 1. The Balaban J connectivity index is 1.58. The third-order valence-corrected chi connectivity index (χ3v) is 4.55. The molecular formula is C18H14N4S. The van der Waals surface area contributed by atoms with E-state index in [1.54, 1.807) is 24.3 Å². The van der Waals surface area contributed by atoms with Gasteiger partial charge in [0.05, 0.1) is 10.5 Å². The van der Waals surface area contributed by atoms with Gasteiger partial charge >= 0.3 is 0 Å². The highest BCUT2D eigenvalue weighted by Crippen LogP contribution is 2.25. The lowest BCUT2D eigenvalue weighted by Gasteiger charge is -2.07. The zero-order valence-corrected chi connectivity index (χ0v) is 13.1. The fourth-order valence-corrected chi connectivity index (χ4v) is 3.33. The molecule has 0 atom stereocenters. The summed E-state index contributed by atoms with van der Waals surface area (Å²) in [5, 5.41) is 2.16. The van der Waals surface area contributed by atoms with Crippen LogP contribution in [0.5, 0.6) is 0 Å². The molecule has 23 heavy (non-hydrogen) atoms. The van der Waals surface area contributed by atoms with E-state index < -0.39 is 0 Å². The molecule has 0 saturated heterocycles. The van der Waals surface area contributed by atoms with Gasteiger partial charge in [-0.15, -0.1) is 11.8 Å². The van der Waals surface area contributed by atoms with Crippen LogP contribution in [0.15, 0.2) is 78.5 Å². The Bertz CT molecular complexity index is 929. The van der Waals surface area contributed by atoms with E-state index in [2.05, 4.69) is 39.2 Å². The normalized spacial score (nSPS) is 11.0. The van der Waals surface area contributed by atoms with E-state index in [1.807, 2.05) is 41.2 Å². The first-order chi connectivity index (χ1) is 11.4. The molecule has 4 rings (SSSR count). The molecular weight excluding hydrogens is 304 g/mol. The number of rotatable bonds is 4. The highest BCUT2D eigenvalue weighted by Gasteiger charge is 2.05. The average Bonchev–Trinajstić information content (AvgIpc) is 3.15. The van der Waals surface area contributed by atoms with Crippen LogP contribution >= 0.6 is 11.8 Å². The topological polar surface area (TPSA) is 43.6 Å². The van der Waals surface area contributed by atoms with Gasteiger partial charge in [0.1, 0.15) is 12.1 Å². The van der Waals surface area contributed by atoms with Gasteiger partial charge in [0, 0.05) is 29.7 Å². The molecule has 3 heterocycles. The molecule has 3 aromatic heterocycles. The van der Waals surface area contributed by atoms with Crippen molar-refractivity contribution in [2.75, 3.05) is 0 Å². The van der Waals surface area contributed by atoms with Gasteiger partial charge in [0.2, 0.25) is 0 Å². The number of thioether (sulfide) groups is 1. The van der Waals surface area contributed by atoms with Gasteiger partial charge in [0.25, 0.3) is 0 Å². The van der Waals surface area contributed by atoms with E-state index in [0.717, 1.165) is 22.1 Å². The second-order valence-corrected chi connectivity index (χ2v) is 6.08. The van der Waals surface area contributed by atoms with Crippen LogP contribution in [0.2, 0.25) is 0 Å². The summed E-state index contributed by atoms with van der Waals surface area (Å²) < 4.78 is 1.91. The van der Waals surface area contributed by atoms with Crippen LogP contribution < -0.4 is 0 Å². The molecule has 4 aromatic rings. The molecule has 0 amide bonds. The van der Waals surface area contributed by atoms with Gasteiger partial charge in [-0.25, -0.2) is 9.97 Å². The van der Waals surface area contributed by atoms with Crippen molar-refractivity contribution < 1.29 is 0 Å². The lowest BCUT2D eigenvalue weighted by molar-refractivity contribution is 0.952. The van der Waals surface area contributed by atoms with Crippen LogP contribution in [-0.4, -0.2) is 19.5 Å². The van der Waals surface area contributed by atoms with Gasteiger partial charge in [-0.05, 0) is 23.8 Å². The SMILES string of the molecule is c1cc(SCc2cccc3cccnc23)nc(-n2ccnc2)c1. The second kappa shape index (κ2) is 6.22. The molecule has 0 N–H and O–H groups in total. The van der Waals surface area contributed by atoms with E-state index >= 15 is 0 Å². The third kappa shape index (κ3) is 2.96. The first-order valence-electron chi connectivity index (χ1n) is 7.31. The number of hydrogen-bond donors (Lipinski definition) is 0. The lowest BCUT2D eigenvalue weighted by atomic mass is 10.1. The number of aromatic nitrogens is 4. The van der Waals surface area contributed by atoms with Gasteiger partial charge in [-0.3, -0.25) is 9.55 Å². The Morgan fingerprint density at radius 2 is 1.87 bits per heavy atom. The van der Waals surface area contributed by atoms with Crippen LogP contribution in [-0.2, 0) is 5.75 Å². The molecule has 0 aliphatic heterocycles. The van der Waals surface area contributed by atoms with Crippen molar-refractivity contribution in [3.05, 3.63) is 79.0 Å². The maximum absolute atomic E-state index is 4.68. The zero-order valence-electron chi connectivity index (χ0n) is 12.3. The standard InChI is InChI=1S/C18H14N4S/c1-4-14-6-3-9-20-18(14)15(5-1)12-23-17-8-2-7-16(21-17)22-11-10-19-13-22/h1-11,13H,12H2. The van der Waals surface area contributed by atoms with Crippen LogP contribution in [0.3, 0.4) is 0 Å². The number of pyridine rings is 2. The molecule has 4 nitrogen and oxygen atoms in total. The smallest absolute Gasteiger partial charge is 0.139 e. The van der Waals surface area contributed by atoms with Crippen molar-refractivity contribution in [2.45, 2.75) is 10.8 Å². The van der Waals surface area contributed by atoms with Gasteiger partial charge in [-0.1, -0.05) is 30.3 Å². The molecule has 112 valence electrons. The maximum atomic E-state index is 4.68. The fourth-order valence-electron chi connectivity index (χ4n) is 2.46. The zero-order chi connectivity index (χ0) is 15.5. The van der Waals surface area contributed by atoms with E-state index in [9.17, 15) is 0 Å². The van der Waals surface area contributed by atoms with Crippen LogP contribution in [0, 0.1) is 0 Å². The van der Waals surface area contributed by atoms with Gasteiger partial charge in [-0.2, -0.15) is 0 Å². The van der Waals surface area contributed by atoms with Gasteiger partial charge < -0.3 is 0 Å². The van der Waals surface area contributed by atoms with Crippen LogP contribution in [0.1, 0.15) is 5.56 Å². The van der Waals surface area contributed by atoms with E-state index in [-0.39, 0.29) is 0 Å². The molecule has 0 unspecified atom stereocenters. The maximum Gasteiger partial charge on any atom is 0.139 e. The van der Waals surface area contributed by atoms with E-state index in [0.29, 0.717) is 0 Å². The molecule has 0 fully saturated rings. The molecule has 0 saturated carbocycles. The second-order valence-electron chi connectivity index (χ2n) is 5.08. The fraction of sp³-hybridized carbons (Fsp3) is 0.0556. The minimum Gasteiger partial charge on any atom is -0.290 e. The summed E-state index contributed by atoms with van der Waals surface area (Å²) in [7, 11) is 0. The largest absolute Gasteiger partial charge is 0.290 e. The summed E-state index contributed by atoms with van der Waals surface area (Å²) in [6.07, 6.45) is 7.24. The highest BCUT2D eigenvalue weighted by molar-refractivity contribution is 7.98. The molecule has 0 bridgehead atoms. The summed E-state index contributed by atoms with van der Waals surface area (Å²) in [6.45, 7) is 0. The first-order valence-corrected chi connectivity index (χ1v) is 8.29. The number of imidazole rings is 1. The Labute approximate surface area is 138 Å². The van der Waals surface area contributed by atoms with Crippen LogP contribution in [0.25, 0.3) is 16.7 Å². The lowest BCUT2D eigenvalue weighted by Crippen LogP contribution is -1.95. The van der Waals surface area contributed by atoms with Gasteiger partial charge in [0.15, 0.2) is 0 Å². The minimum atomic E-state index is 0.842. The number of benzene rings is 1. The Morgan fingerprint density at radius 1 is 0.957 bits per heavy atom. The summed E-state index contributed by atoms with van der Waals surface area (Å²) in [4.78, 5) is 13.2. The highest BCUT2D eigenvalue weighted by atomic mass is 32.2. The molecule has 0 radical (unpaired) electrons. The van der Waals surface area contributed by atoms with Crippen molar-refractivity contribution in [3.63, 3.8) is 0 Å². The molecule has 5 heteroatoms. The van der Waals surface area contributed by atoms with Crippen molar-refractivity contribution >= 4 is 22.7 Å². The molecule has 0 aliphatic rings. The van der Waals surface area contributed by atoms with Crippen molar-refractivity contribution in [1.82, 2.24) is 19.5 Å². The average molecular weight is 318 g/mol. The summed E-state index contributed by atoms with van der Waals surface area (Å²) in [5.41, 5.74) is 2.29. The minimum absolute atomic E-state index is 0.842. The van der Waals surface area contributed by atoms with Crippen LogP contribution in [0.4, 0.5) is 0 Å². The summed E-state index contributed by atoms with van der Waals surface area (Å²) in [6, 6.07) is 16.4. The molecule has 0 aliphatic carbocycles. The summed E-state index contributed by atoms with van der Waals surface area (Å²) in [5.74, 6) is 1.72. The number of para-hydroxylation sites is 1. The molecule has 1 aromatic carbocycles. The van der Waals surface area contributed by atoms with E-state index in [4.69, 9.17) is 0 Å². The third-order valence-electron chi connectivity index (χ3n) is 3.57. The number of nitrogens with zero attached hydrogens (tertiary/aromatic N) is 4. The molecule has 0 spiro atoms. The van der Waals surface area contributed by atoms with Crippen molar-refractivity contribution in [2.24, 2.45) is 0 Å². The first kappa shape index (κ1) is 14.0. The quantitative estimate of drug-likeness (QED) is 0.531. The monoisotopic (exact) mass is 318 g/mol. The van der Waals surface area contributed by atoms with E-state index in [1.165, 1.54) is 10.9 Å². The Kier molecular flexibility index (Phi) is 3.78. The van der Waals surface area contributed by atoms with Crippen molar-refractivity contribution in [1.29, 1.82) is 0 Å².